The van der Waals surface area contributed by atoms with Gasteiger partial charge in [-0.25, -0.2) is 0 Å². The lowest BCUT2D eigenvalue weighted by atomic mass is 10.1. The van der Waals surface area contributed by atoms with Crippen LogP contribution >= 0.6 is 0 Å². The number of aryl methyl sites for hydroxylation is 1. The molecule has 0 amide bonds. The molecule has 0 aliphatic heterocycles. The third-order valence-electron chi connectivity index (χ3n) is 2.25. The van der Waals surface area contributed by atoms with Gasteiger partial charge in [0.1, 0.15) is 0 Å². The van der Waals surface area contributed by atoms with Crippen LogP contribution in [0.1, 0.15) is 45.6 Å². The molecule has 1 aromatic heterocycles. The molecule has 1 N–H and O–H groups in total. The van der Waals surface area contributed by atoms with Crippen molar-refractivity contribution in [3.63, 3.8) is 0 Å². The maximum Gasteiger partial charge on any atom is 0.0270 e. The van der Waals surface area contributed by atoms with Crippen molar-refractivity contribution >= 4 is 0 Å². The van der Waals surface area contributed by atoms with Crippen molar-refractivity contribution in [3.05, 3.63) is 30.1 Å². The molecule has 0 saturated heterocycles. The summed E-state index contributed by atoms with van der Waals surface area (Å²) in [5.41, 5.74) is 1.40. The first-order chi connectivity index (χ1) is 7.93. The van der Waals surface area contributed by atoms with Crippen LogP contribution < -0.4 is 5.32 Å². The average molecular weight is 222 g/mol. The summed E-state index contributed by atoms with van der Waals surface area (Å²) in [5.74, 6) is 0. The van der Waals surface area contributed by atoms with E-state index in [1.807, 2.05) is 26.2 Å². The van der Waals surface area contributed by atoms with Gasteiger partial charge in [-0.15, -0.1) is 0 Å². The molecule has 2 nitrogen and oxygen atoms in total. The monoisotopic (exact) mass is 222 g/mol. The van der Waals surface area contributed by atoms with E-state index in [4.69, 9.17) is 0 Å². The Hall–Kier alpha value is -0.890. The first kappa shape index (κ1) is 15.1. The fraction of sp³-hybridized carbons (Fsp3) is 0.643. The number of unbranched alkanes of at least 4 members (excludes halogenated alkanes) is 1. The quantitative estimate of drug-likeness (QED) is 0.715. The Bertz CT molecular complexity index is 221. The standard InChI is InChI=1S/C12H20N2.C2H6/c1-2-8-13-9-4-3-5-12-6-10-14-11-7-12;1-2/h6-7,10-11,13H,2-5,8-9H2,1H3;1-2H3. The van der Waals surface area contributed by atoms with Gasteiger partial charge in [0, 0.05) is 12.4 Å². The van der Waals surface area contributed by atoms with Crippen LogP contribution in [-0.2, 0) is 6.42 Å². The van der Waals surface area contributed by atoms with Crippen molar-refractivity contribution < 1.29 is 0 Å². The Morgan fingerprint density at radius 2 is 1.75 bits per heavy atom. The molecular formula is C14H26N2. The van der Waals surface area contributed by atoms with Gasteiger partial charge in [-0.2, -0.15) is 0 Å². The Labute approximate surface area is 100 Å². The molecule has 1 rings (SSSR count). The summed E-state index contributed by atoms with van der Waals surface area (Å²) in [6.07, 6.45) is 8.67. The first-order valence-corrected chi connectivity index (χ1v) is 6.53. The highest BCUT2D eigenvalue weighted by Crippen LogP contribution is 2.02. The molecule has 0 saturated carbocycles. The summed E-state index contributed by atoms with van der Waals surface area (Å²) < 4.78 is 0. The van der Waals surface area contributed by atoms with E-state index in [1.54, 1.807) is 0 Å². The van der Waals surface area contributed by atoms with Crippen LogP contribution in [0.4, 0.5) is 0 Å². The number of nitrogens with zero attached hydrogens (tertiary/aromatic N) is 1. The van der Waals surface area contributed by atoms with Crippen LogP contribution in [0.25, 0.3) is 0 Å². The van der Waals surface area contributed by atoms with Gasteiger partial charge in [0.05, 0.1) is 0 Å². The SMILES string of the molecule is CC.CCCNCCCCc1ccncc1. The largest absolute Gasteiger partial charge is 0.317 e. The number of aromatic nitrogens is 1. The van der Waals surface area contributed by atoms with E-state index >= 15 is 0 Å². The zero-order chi connectivity index (χ0) is 12.1. The Balaban J connectivity index is 0.00000106. The van der Waals surface area contributed by atoms with Crippen molar-refractivity contribution in [1.82, 2.24) is 10.3 Å². The summed E-state index contributed by atoms with van der Waals surface area (Å²) in [7, 11) is 0. The molecular weight excluding hydrogens is 196 g/mol. The Morgan fingerprint density at radius 1 is 1.06 bits per heavy atom. The van der Waals surface area contributed by atoms with E-state index in [9.17, 15) is 0 Å². The zero-order valence-electron chi connectivity index (χ0n) is 11.0. The van der Waals surface area contributed by atoms with E-state index in [1.165, 1.54) is 31.2 Å². The number of pyridine rings is 1. The van der Waals surface area contributed by atoms with Crippen LogP contribution in [-0.4, -0.2) is 18.1 Å². The minimum absolute atomic E-state index is 1.15. The van der Waals surface area contributed by atoms with E-state index in [0.29, 0.717) is 0 Å². The predicted molar refractivity (Wildman–Crippen MR) is 71.7 cm³/mol. The molecule has 0 radical (unpaired) electrons. The molecule has 0 unspecified atom stereocenters. The van der Waals surface area contributed by atoms with Crippen molar-refractivity contribution in [2.24, 2.45) is 0 Å². The van der Waals surface area contributed by atoms with Crippen LogP contribution in [0.3, 0.4) is 0 Å². The molecule has 0 aliphatic rings. The van der Waals surface area contributed by atoms with E-state index < -0.39 is 0 Å². The summed E-state index contributed by atoms with van der Waals surface area (Å²) >= 11 is 0. The number of hydrogen-bond donors (Lipinski definition) is 1. The van der Waals surface area contributed by atoms with E-state index in [2.05, 4.69) is 29.4 Å². The summed E-state index contributed by atoms with van der Waals surface area (Å²) in [4.78, 5) is 4.00. The highest BCUT2D eigenvalue weighted by Gasteiger charge is 1.91. The van der Waals surface area contributed by atoms with Gasteiger partial charge in [-0.05, 0) is 56.5 Å². The lowest BCUT2D eigenvalue weighted by molar-refractivity contribution is 0.616. The van der Waals surface area contributed by atoms with Gasteiger partial charge in [0.25, 0.3) is 0 Å². The molecule has 16 heavy (non-hydrogen) atoms. The summed E-state index contributed by atoms with van der Waals surface area (Å²) in [5, 5.41) is 3.41. The van der Waals surface area contributed by atoms with Gasteiger partial charge < -0.3 is 5.32 Å². The minimum Gasteiger partial charge on any atom is -0.317 e. The second kappa shape index (κ2) is 12.2. The molecule has 1 heterocycles. The smallest absolute Gasteiger partial charge is 0.0270 e. The Kier molecular flexibility index (Phi) is 11.5. The zero-order valence-corrected chi connectivity index (χ0v) is 11.0. The van der Waals surface area contributed by atoms with Crippen molar-refractivity contribution in [2.75, 3.05) is 13.1 Å². The molecule has 2 heteroatoms. The highest BCUT2D eigenvalue weighted by molar-refractivity contribution is 5.09. The minimum atomic E-state index is 1.15. The first-order valence-electron chi connectivity index (χ1n) is 6.53. The van der Waals surface area contributed by atoms with Crippen LogP contribution in [0, 0.1) is 0 Å². The molecule has 0 aliphatic carbocycles. The normalized spacial score (nSPS) is 9.44. The number of rotatable bonds is 7. The average Bonchev–Trinajstić information content (AvgIpc) is 2.37. The van der Waals surface area contributed by atoms with Crippen LogP contribution in [0.5, 0.6) is 0 Å². The Morgan fingerprint density at radius 3 is 2.38 bits per heavy atom. The molecule has 92 valence electrons. The fourth-order valence-corrected chi connectivity index (χ4v) is 1.43. The van der Waals surface area contributed by atoms with Crippen molar-refractivity contribution in [3.8, 4) is 0 Å². The summed E-state index contributed by atoms with van der Waals surface area (Å²) in [6.45, 7) is 8.50. The second-order valence-electron chi connectivity index (χ2n) is 3.56. The van der Waals surface area contributed by atoms with Gasteiger partial charge in [0.15, 0.2) is 0 Å². The van der Waals surface area contributed by atoms with E-state index in [0.717, 1.165) is 13.1 Å². The molecule has 0 fully saturated rings. The predicted octanol–water partition coefficient (Wildman–Crippen LogP) is 3.43. The van der Waals surface area contributed by atoms with Crippen molar-refractivity contribution in [2.45, 2.75) is 46.5 Å². The highest BCUT2D eigenvalue weighted by atomic mass is 14.8. The molecule has 0 spiro atoms. The van der Waals surface area contributed by atoms with Crippen LogP contribution in [0.2, 0.25) is 0 Å². The molecule has 1 aromatic rings. The van der Waals surface area contributed by atoms with Gasteiger partial charge in [-0.1, -0.05) is 20.8 Å². The third-order valence-corrected chi connectivity index (χ3v) is 2.25. The fourth-order valence-electron chi connectivity index (χ4n) is 1.43. The van der Waals surface area contributed by atoms with Crippen molar-refractivity contribution in [1.29, 1.82) is 0 Å². The topological polar surface area (TPSA) is 24.9 Å². The lowest BCUT2D eigenvalue weighted by Crippen LogP contribution is -2.15. The van der Waals surface area contributed by atoms with Gasteiger partial charge in [-0.3, -0.25) is 4.98 Å². The molecule has 0 atom stereocenters. The van der Waals surface area contributed by atoms with Crippen LogP contribution in [0.15, 0.2) is 24.5 Å². The molecule has 0 aromatic carbocycles. The van der Waals surface area contributed by atoms with Gasteiger partial charge >= 0.3 is 0 Å². The third kappa shape index (κ3) is 8.42. The number of hydrogen-bond acceptors (Lipinski definition) is 2. The molecule has 0 bridgehead atoms. The maximum atomic E-state index is 4.00. The second-order valence-corrected chi connectivity index (χ2v) is 3.56. The summed E-state index contributed by atoms with van der Waals surface area (Å²) in [6, 6.07) is 4.19. The van der Waals surface area contributed by atoms with Gasteiger partial charge in [0.2, 0.25) is 0 Å². The van der Waals surface area contributed by atoms with E-state index in [-0.39, 0.29) is 0 Å². The maximum absolute atomic E-state index is 4.00. The lowest BCUT2D eigenvalue weighted by Gasteiger charge is -2.02. The number of nitrogens with one attached hydrogen (secondary N) is 1.